The van der Waals surface area contributed by atoms with Gasteiger partial charge in [0.2, 0.25) is 5.91 Å². The smallest absolute Gasteiger partial charge is 0.251 e. The van der Waals surface area contributed by atoms with E-state index >= 15 is 0 Å². The number of hydrogen-bond donors (Lipinski definition) is 2. The summed E-state index contributed by atoms with van der Waals surface area (Å²) in [5, 5.41) is 6.26. The maximum Gasteiger partial charge on any atom is 0.251 e. The molecular weight excluding hydrogens is 296 g/mol. The molecule has 0 unspecified atom stereocenters. The topological polar surface area (TPSA) is 58.2 Å². The number of benzene rings is 1. The lowest BCUT2D eigenvalue weighted by Crippen LogP contribution is -2.23. The molecule has 2 rings (SSSR count). The maximum atomic E-state index is 12.0. The molecule has 1 aliphatic carbocycles. The Morgan fingerprint density at radius 2 is 2.00 bits per heavy atom. The molecule has 5 heteroatoms. The van der Waals surface area contributed by atoms with Crippen LogP contribution in [0.3, 0.4) is 0 Å². The highest BCUT2D eigenvalue weighted by atomic mass is 32.2. The number of rotatable bonds is 6. The molecule has 0 bridgehead atoms. The summed E-state index contributed by atoms with van der Waals surface area (Å²) in [5.74, 6) is 0.370. The van der Waals surface area contributed by atoms with E-state index in [1.807, 2.05) is 13.0 Å². The van der Waals surface area contributed by atoms with Crippen LogP contribution in [0.5, 0.6) is 0 Å². The van der Waals surface area contributed by atoms with Gasteiger partial charge in [0.05, 0.1) is 5.75 Å². The van der Waals surface area contributed by atoms with Crippen LogP contribution in [0.1, 0.15) is 49.4 Å². The molecule has 1 fully saturated rings. The fraction of sp³-hybridized carbons (Fsp3) is 0.529. The first-order chi connectivity index (χ1) is 10.7. The molecule has 1 aliphatic rings. The van der Waals surface area contributed by atoms with Crippen molar-refractivity contribution in [2.75, 3.05) is 17.6 Å². The van der Waals surface area contributed by atoms with Crippen molar-refractivity contribution < 1.29 is 9.59 Å². The summed E-state index contributed by atoms with van der Waals surface area (Å²) in [7, 11) is 0. The Morgan fingerprint density at radius 1 is 1.23 bits per heavy atom. The van der Waals surface area contributed by atoms with Gasteiger partial charge in [-0.15, -0.1) is 11.8 Å². The van der Waals surface area contributed by atoms with Crippen LogP contribution in [0.25, 0.3) is 0 Å². The largest absolute Gasteiger partial charge is 0.352 e. The maximum absolute atomic E-state index is 12.0. The van der Waals surface area contributed by atoms with Crippen molar-refractivity contribution in [3.05, 3.63) is 29.8 Å². The molecule has 0 aromatic heterocycles. The van der Waals surface area contributed by atoms with Gasteiger partial charge < -0.3 is 10.6 Å². The van der Waals surface area contributed by atoms with Gasteiger partial charge in [-0.2, -0.15) is 0 Å². The van der Waals surface area contributed by atoms with Crippen LogP contribution in [0.2, 0.25) is 0 Å². The van der Waals surface area contributed by atoms with Gasteiger partial charge in [0, 0.05) is 23.0 Å². The molecule has 120 valence electrons. The van der Waals surface area contributed by atoms with Crippen LogP contribution < -0.4 is 10.6 Å². The van der Waals surface area contributed by atoms with Crippen LogP contribution in [-0.4, -0.2) is 29.4 Å². The Hall–Kier alpha value is -1.49. The van der Waals surface area contributed by atoms with Crippen molar-refractivity contribution in [2.24, 2.45) is 0 Å². The van der Waals surface area contributed by atoms with E-state index in [1.165, 1.54) is 32.1 Å². The Morgan fingerprint density at radius 3 is 2.73 bits per heavy atom. The quantitative estimate of drug-likeness (QED) is 0.844. The fourth-order valence-electron chi connectivity index (χ4n) is 2.62. The molecule has 1 saturated carbocycles. The zero-order valence-corrected chi connectivity index (χ0v) is 13.9. The van der Waals surface area contributed by atoms with Crippen molar-refractivity contribution in [2.45, 2.75) is 44.3 Å². The summed E-state index contributed by atoms with van der Waals surface area (Å²) in [6.07, 6.45) is 6.35. The molecule has 2 N–H and O–H groups in total. The van der Waals surface area contributed by atoms with Crippen molar-refractivity contribution in [1.29, 1.82) is 0 Å². The van der Waals surface area contributed by atoms with E-state index in [0.717, 1.165) is 0 Å². The number of hydrogen-bond acceptors (Lipinski definition) is 3. The second kappa shape index (κ2) is 8.83. The zero-order valence-electron chi connectivity index (χ0n) is 13.1. The van der Waals surface area contributed by atoms with Crippen LogP contribution >= 0.6 is 11.8 Å². The Labute approximate surface area is 136 Å². The van der Waals surface area contributed by atoms with Gasteiger partial charge in [-0.3, -0.25) is 9.59 Å². The Kier molecular flexibility index (Phi) is 6.77. The van der Waals surface area contributed by atoms with E-state index in [2.05, 4.69) is 10.6 Å². The summed E-state index contributed by atoms with van der Waals surface area (Å²) in [6, 6.07) is 7.06. The lowest BCUT2D eigenvalue weighted by Gasteiger charge is -2.20. The van der Waals surface area contributed by atoms with E-state index in [9.17, 15) is 9.59 Å². The van der Waals surface area contributed by atoms with Crippen LogP contribution in [-0.2, 0) is 4.79 Å². The number of anilines is 1. The van der Waals surface area contributed by atoms with Gasteiger partial charge in [-0.25, -0.2) is 0 Å². The Balaban J connectivity index is 1.83. The second-order valence-electron chi connectivity index (χ2n) is 5.56. The molecule has 0 atom stereocenters. The third kappa shape index (κ3) is 5.37. The second-order valence-corrected chi connectivity index (χ2v) is 6.85. The lowest BCUT2D eigenvalue weighted by atomic mass is 10.0. The molecule has 0 radical (unpaired) electrons. The average Bonchev–Trinajstić information content (AvgIpc) is 2.54. The normalized spacial score (nSPS) is 15.3. The van der Waals surface area contributed by atoms with Crippen LogP contribution in [0.15, 0.2) is 24.3 Å². The van der Waals surface area contributed by atoms with Crippen LogP contribution in [0.4, 0.5) is 5.69 Å². The average molecular weight is 320 g/mol. The van der Waals surface area contributed by atoms with E-state index in [1.54, 1.807) is 30.0 Å². The molecular formula is C17H24N2O2S. The highest BCUT2D eigenvalue weighted by Crippen LogP contribution is 2.28. The summed E-state index contributed by atoms with van der Waals surface area (Å²) in [4.78, 5) is 23.8. The Bertz CT molecular complexity index is 513. The molecule has 0 spiro atoms. The molecule has 4 nitrogen and oxygen atoms in total. The third-order valence-corrected chi connectivity index (χ3v) is 5.12. The summed E-state index contributed by atoms with van der Waals surface area (Å²) in [6.45, 7) is 2.47. The van der Waals surface area contributed by atoms with E-state index in [0.29, 0.717) is 28.8 Å². The summed E-state index contributed by atoms with van der Waals surface area (Å²) in [5.41, 5.74) is 1.25. The van der Waals surface area contributed by atoms with Gasteiger partial charge in [0.15, 0.2) is 0 Å². The van der Waals surface area contributed by atoms with Gasteiger partial charge >= 0.3 is 0 Å². The monoisotopic (exact) mass is 320 g/mol. The molecule has 22 heavy (non-hydrogen) atoms. The van der Waals surface area contributed by atoms with E-state index < -0.39 is 0 Å². The molecule has 2 amide bonds. The fourth-order valence-corrected chi connectivity index (χ4v) is 3.75. The predicted molar refractivity (Wildman–Crippen MR) is 92.4 cm³/mol. The van der Waals surface area contributed by atoms with E-state index in [4.69, 9.17) is 0 Å². The van der Waals surface area contributed by atoms with Crippen molar-refractivity contribution >= 4 is 29.3 Å². The lowest BCUT2D eigenvalue weighted by molar-refractivity contribution is -0.113. The number of nitrogens with one attached hydrogen (secondary N) is 2. The van der Waals surface area contributed by atoms with Crippen molar-refractivity contribution in [3.8, 4) is 0 Å². The first kappa shape index (κ1) is 16.9. The standard InChI is InChI=1S/C17H24N2O2S/c1-2-18-17(21)13-7-6-8-14(11-13)19-16(20)12-22-15-9-4-3-5-10-15/h6-8,11,15H,2-5,9-10,12H2,1H3,(H,18,21)(H,19,20). The zero-order chi connectivity index (χ0) is 15.8. The predicted octanol–water partition coefficient (Wildman–Crippen LogP) is 3.44. The molecule has 0 heterocycles. The highest BCUT2D eigenvalue weighted by Gasteiger charge is 2.15. The number of carbonyl (C=O) groups is 2. The first-order valence-corrected chi connectivity index (χ1v) is 9.03. The SMILES string of the molecule is CCNC(=O)c1cccc(NC(=O)CSC2CCCCC2)c1. The number of carbonyl (C=O) groups excluding carboxylic acids is 2. The summed E-state index contributed by atoms with van der Waals surface area (Å²) < 4.78 is 0. The summed E-state index contributed by atoms with van der Waals surface area (Å²) >= 11 is 1.75. The van der Waals surface area contributed by atoms with Crippen LogP contribution in [0, 0.1) is 0 Å². The molecule has 0 saturated heterocycles. The van der Waals surface area contributed by atoms with E-state index in [-0.39, 0.29) is 11.8 Å². The molecule has 0 aliphatic heterocycles. The number of thioether (sulfide) groups is 1. The van der Waals surface area contributed by atoms with Gasteiger partial charge in [0.25, 0.3) is 5.91 Å². The van der Waals surface area contributed by atoms with Gasteiger partial charge in [-0.1, -0.05) is 25.3 Å². The van der Waals surface area contributed by atoms with Crippen molar-refractivity contribution in [3.63, 3.8) is 0 Å². The minimum Gasteiger partial charge on any atom is -0.352 e. The first-order valence-electron chi connectivity index (χ1n) is 7.98. The van der Waals surface area contributed by atoms with Gasteiger partial charge in [0.1, 0.15) is 0 Å². The third-order valence-electron chi connectivity index (χ3n) is 3.75. The molecule has 1 aromatic rings. The van der Waals surface area contributed by atoms with Gasteiger partial charge in [-0.05, 0) is 38.0 Å². The molecule has 1 aromatic carbocycles. The highest BCUT2D eigenvalue weighted by molar-refractivity contribution is 8.00. The minimum atomic E-state index is -0.116. The number of amides is 2. The van der Waals surface area contributed by atoms with Crippen molar-refractivity contribution in [1.82, 2.24) is 5.32 Å². The minimum absolute atomic E-state index is 0.00335.